The number of hydrogen-bond acceptors (Lipinski definition) is 8. The van der Waals surface area contributed by atoms with Gasteiger partial charge in [-0.1, -0.05) is 0 Å². The molecule has 0 bridgehead atoms. The van der Waals surface area contributed by atoms with E-state index in [0.29, 0.717) is 28.0 Å². The van der Waals surface area contributed by atoms with E-state index in [1.54, 1.807) is 18.2 Å². The molecule has 0 unspecified atom stereocenters. The number of carbonyl (C=O) groups is 1. The van der Waals surface area contributed by atoms with E-state index in [9.17, 15) is 9.59 Å². The third kappa shape index (κ3) is 3.04. The first kappa shape index (κ1) is 18.4. The largest absolute Gasteiger partial charge is 0.493 e. The zero-order valence-electron chi connectivity index (χ0n) is 15.8. The summed E-state index contributed by atoms with van der Waals surface area (Å²) in [7, 11) is 4.41. The van der Waals surface area contributed by atoms with Crippen LogP contribution < -0.4 is 24.6 Å². The highest BCUT2D eigenvalue weighted by Gasteiger charge is 2.21. The normalized spacial score (nSPS) is 10.9. The van der Waals surface area contributed by atoms with Crippen LogP contribution in [0.25, 0.3) is 21.7 Å². The monoisotopic (exact) mass is 396 g/mol. The molecular formula is C21H16O8. The Morgan fingerprint density at radius 2 is 1.72 bits per heavy atom. The average Bonchev–Trinajstić information content (AvgIpc) is 3.27. The fourth-order valence-corrected chi connectivity index (χ4v) is 3.15. The van der Waals surface area contributed by atoms with E-state index in [1.165, 1.54) is 45.8 Å². The first-order valence-corrected chi connectivity index (χ1v) is 8.52. The maximum atomic E-state index is 12.6. The van der Waals surface area contributed by atoms with Crippen LogP contribution in [-0.2, 0) is 0 Å². The summed E-state index contributed by atoms with van der Waals surface area (Å²) < 4.78 is 32.0. The van der Waals surface area contributed by atoms with Crippen molar-refractivity contribution in [2.24, 2.45) is 0 Å². The lowest BCUT2D eigenvalue weighted by atomic mass is 10.0. The molecule has 4 aromatic rings. The van der Waals surface area contributed by atoms with Gasteiger partial charge in [0.15, 0.2) is 11.5 Å². The molecule has 4 rings (SSSR count). The first-order chi connectivity index (χ1) is 14.1. The first-order valence-electron chi connectivity index (χ1n) is 8.52. The predicted molar refractivity (Wildman–Crippen MR) is 103 cm³/mol. The predicted octanol–water partition coefficient (Wildman–Crippen LogP) is 3.78. The van der Waals surface area contributed by atoms with Gasteiger partial charge in [0.05, 0.1) is 33.0 Å². The second kappa shape index (κ2) is 7.23. The van der Waals surface area contributed by atoms with Gasteiger partial charge in [0, 0.05) is 16.8 Å². The highest BCUT2D eigenvalue weighted by Crippen LogP contribution is 2.45. The Bertz CT molecular complexity index is 1270. The molecule has 0 spiro atoms. The van der Waals surface area contributed by atoms with Gasteiger partial charge in [-0.3, -0.25) is 0 Å². The summed E-state index contributed by atoms with van der Waals surface area (Å²) >= 11 is 0. The van der Waals surface area contributed by atoms with E-state index in [2.05, 4.69) is 0 Å². The van der Waals surface area contributed by atoms with Gasteiger partial charge in [-0.25, -0.2) is 9.59 Å². The molecule has 2 aromatic carbocycles. The number of rotatable bonds is 5. The minimum atomic E-state index is -0.665. The van der Waals surface area contributed by atoms with E-state index in [-0.39, 0.29) is 22.5 Å². The van der Waals surface area contributed by atoms with Crippen molar-refractivity contribution < 1.29 is 32.6 Å². The molecule has 2 aromatic heterocycles. The lowest BCUT2D eigenvalue weighted by Gasteiger charge is -2.15. The van der Waals surface area contributed by atoms with E-state index >= 15 is 0 Å². The zero-order valence-corrected chi connectivity index (χ0v) is 15.8. The summed E-state index contributed by atoms with van der Waals surface area (Å²) in [5.41, 5.74) is -0.376. The molecular weight excluding hydrogens is 380 g/mol. The van der Waals surface area contributed by atoms with Crippen molar-refractivity contribution in [2.45, 2.75) is 0 Å². The van der Waals surface area contributed by atoms with Crippen molar-refractivity contribution in [1.29, 1.82) is 0 Å². The second-order valence-electron chi connectivity index (χ2n) is 5.98. The number of methoxy groups -OCH3 is 3. The molecule has 0 saturated carbocycles. The highest BCUT2D eigenvalue weighted by atomic mass is 16.5. The number of furan rings is 1. The Hall–Kier alpha value is -3.94. The van der Waals surface area contributed by atoms with E-state index in [0.717, 1.165) is 0 Å². The highest BCUT2D eigenvalue weighted by molar-refractivity contribution is 6.10. The molecule has 29 heavy (non-hydrogen) atoms. The van der Waals surface area contributed by atoms with Gasteiger partial charge in [-0.15, -0.1) is 0 Å². The van der Waals surface area contributed by atoms with Crippen LogP contribution in [-0.4, -0.2) is 27.3 Å². The number of ether oxygens (including phenoxy) is 4. The average molecular weight is 396 g/mol. The lowest BCUT2D eigenvalue weighted by molar-refractivity contribution is 0.0701. The molecule has 0 saturated heterocycles. The number of hydrogen-bond donors (Lipinski definition) is 0. The van der Waals surface area contributed by atoms with E-state index in [4.69, 9.17) is 27.8 Å². The number of esters is 1. The van der Waals surface area contributed by atoms with Gasteiger partial charge in [0.1, 0.15) is 11.3 Å². The summed E-state index contributed by atoms with van der Waals surface area (Å²) in [6.45, 7) is 0. The van der Waals surface area contributed by atoms with Crippen molar-refractivity contribution in [2.75, 3.05) is 21.3 Å². The molecule has 2 heterocycles. The molecule has 0 aliphatic heterocycles. The molecule has 0 N–H and O–H groups in total. The SMILES string of the molecule is COc1cc2c(=O)oc3cc(OC(=O)c4ccco4)ccc3c2c(OC)c1OC. The Kier molecular flexibility index (Phi) is 4.59. The summed E-state index contributed by atoms with van der Waals surface area (Å²) in [5, 5.41) is 1.35. The summed E-state index contributed by atoms with van der Waals surface area (Å²) in [6.07, 6.45) is 1.37. The zero-order chi connectivity index (χ0) is 20.5. The molecule has 0 radical (unpaired) electrons. The van der Waals surface area contributed by atoms with E-state index in [1.807, 2.05) is 0 Å². The van der Waals surface area contributed by atoms with Gasteiger partial charge in [-0.2, -0.15) is 0 Å². The number of benzene rings is 2. The molecule has 0 aliphatic rings. The summed E-state index contributed by atoms with van der Waals surface area (Å²) in [5.74, 6) is 0.612. The Morgan fingerprint density at radius 3 is 2.38 bits per heavy atom. The van der Waals surface area contributed by atoms with Crippen LogP contribution in [0.15, 0.2) is 56.3 Å². The van der Waals surface area contributed by atoms with Crippen molar-refractivity contribution in [3.63, 3.8) is 0 Å². The third-order valence-electron chi connectivity index (χ3n) is 4.41. The third-order valence-corrected chi connectivity index (χ3v) is 4.41. The standard InChI is InChI=1S/C21H16O8/c1-24-16-10-13-17(19(26-3)18(16)25-2)12-7-6-11(9-15(12)29-20(13)22)28-21(23)14-5-4-8-27-14/h4-10H,1-3H3. The Labute approximate surface area is 164 Å². The van der Waals surface area contributed by atoms with Gasteiger partial charge < -0.3 is 27.8 Å². The summed E-state index contributed by atoms with van der Waals surface area (Å²) in [6, 6.07) is 9.30. The van der Waals surface area contributed by atoms with Crippen molar-refractivity contribution in [3.05, 3.63) is 58.8 Å². The van der Waals surface area contributed by atoms with Crippen molar-refractivity contribution in [1.82, 2.24) is 0 Å². The molecule has 0 aliphatic carbocycles. The molecule has 8 nitrogen and oxygen atoms in total. The maximum absolute atomic E-state index is 12.6. The molecule has 8 heteroatoms. The molecule has 0 fully saturated rings. The van der Waals surface area contributed by atoms with Crippen LogP contribution in [0.3, 0.4) is 0 Å². The summed E-state index contributed by atoms with van der Waals surface area (Å²) in [4.78, 5) is 24.7. The lowest BCUT2D eigenvalue weighted by Crippen LogP contribution is -2.07. The molecule has 148 valence electrons. The topological polar surface area (TPSA) is 97.3 Å². The van der Waals surface area contributed by atoms with E-state index < -0.39 is 11.6 Å². The van der Waals surface area contributed by atoms with Crippen LogP contribution >= 0.6 is 0 Å². The van der Waals surface area contributed by atoms with Crippen LogP contribution in [0.2, 0.25) is 0 Å². The molecule has 0 amide bonds. The Balaban J connectivity index is 1.92. The fraction of sp³-hybridized carbons (Fsp3) is 0.143. The quantitative estimate of drug-likeness (QED) is 0.218. The van der Waals surface area contributed by atoms with Gasteiger partial charge in [-0.05, 0) is 30.3 Å². The Morgan fingerprint density at radius 1 is 0.931 bits per heavy atom. The van der Waals surface area contributed by atoms with Crippen molar-refractivity contribution >= 4 is 27.7 Å². The number of carbonyl (C=O) groups excluding carboxylic acids is 1. The van der Waals surface area contributed by atoms with Gasteiger partial charge in [0.25, 0.3) is 0 Å². The molecule has 0 atom stereocenters. The van der Waals surface area contributed by atoms with Crippen LogP contribution in [0.1, 0.15) is 10.6 Å². The minimum absolute atomic E-state index is 0.0589. The fourth-order valence-electron chi connectivity index (χ4n) is 3.15. The van der Waals surface area contributed by atoms with Crippen LogP contribution in [0, 0.1) is 0 Å². The maximum Gasteiger partial charge on any atom is 0.379 e. The van der Waals surface area contributed by atoms with Crippen molar-refractivity contribution in [3.8, 4) is 23.0 Å². The smallest absolute Gasteiger partial charge is 0.379 e. The number of fused-ring (bicyclic) bond motifs is 3. The van der Waals surface area contributed by atoms with Crippen LogP contribution in [0.5, 0.6) is 23.0 Å². The second-order valence-corrected chi connectivity index (χ2v) is 5.98. The van der Waals surface area contributed by atoms with Gasteiger partial charge in [0.2, 0.25) is 11.5 Å². The van der Waals surface area contributed by atoms with Crippen LogP contribution in [0.4, 0.5) is 0 Å². The van der Waals surface area contributed by atoms with Gasteiger partial charge >= 0.3 is 11.6 Å². The minimum Gasteiger partial charge on any atom is -0.493 e.